The number of carbonyl (C=O) groups is 1. The first-order valence-corrected chi connectivity index (χ1v) is 12.4. The zero-order valence-corrected chi connectivity index (χ0v) is 19.9. The number of carbonyl (C=O) groups excluding carboxylic acids is 1. The molecule has 0 aliphatic heterocycles. The number of nitrogens with one attached hydrogen (secondary N) is 1. The molecule has 1 heterocycles. The van der Waals surface area contributed by atoms with E-state index in [-0.39, 0.29) is 17.2 Å². The van der Waals surface area contributed by atoms with E-state index in [1.807, 2.05) is 0 Å². The number of thioether (sulfide) groups is 1. The van der Waals surface area contributed by atoms with Crippen molar-refractivity contribution in [1.82, 2.24) is 20.2 Å². The Balaban J connectivity index is 1.71. The largest absolute Gasteiger partial charge is 0.317 e. The first-order valence-electron chi connectivity index (χ1n) is 10.4. The number of hydrogen-bond acceptors (Lipinski definition) is 8. The lowest BCUT2D eigenvalue weighted by molar-refractivity contribution is -0.387. The van der Waals surface area contributed by atoms with Gasteiger partial charge < -0.3 is 5.32 Å². The Morgan fingerprint density at radius 1 is 1.18 bits per heavy atom. The molecule has 4 rings (SSSR count). The molecule has 9 nitrogen and oxygen atoms in total. The monoisotopic (exact) mass is 506 g/mol. The van der Waals surface area contributed by atoms with Crippen molar-refractivity contribution in [1.29, 1.82) is 0 Å². The fourth-order valence-electron chi connectivity index (χ4n) is 3.91. The number of tetrazole rings is 1. The molecule has 34 heavy (non-hydrogen) atoms. The highest BCUT2D eigenvalue weighted by atomic mass is 32.2. The van der Waals surface area contributed by atoms with E-state index >= 15 is 0 Å². The number of nitro benzene ring substituents is 1. The van der Waals surface area contributed by atoms with Crippen LogP contribution >= 0.6 is 23.5 Å². The van der Waals surface area contributed by atoms with Gasteiger partial charge in [-0.05, 0) is 71.0 Å². The minimum Gasteiger partial charge on any atom is -0.317 e. The topological polar surface area (TPSA) is 116 Å². The molecule has 1 fully saturated rings. The Labute approximate surface area is 201 Å². The highest BCUT2D eigenvalue weighted by Crippen LogP contribution is 2.39. The number of nitrogens with zero attached hydrogens (tertiary/aromatic N) is 5. The predicted octanol–water partition coefficient (Wildman–Crippen LogP) is 5.18. The van der Waals surface area contributed by atoms with Gasteiger partial charge in [-0.3, -0.25) is 14.9 Å². The van der Waals surface area contributed by atoms with E-state index in [9.17, 15) is 23.7 Å². The van der Waals surface area contributed by atoms with Crippen molar-refractivity contribution in [2.75, 3.05) is 11.6 Å². The summed E-state index contributed by atoms with van der Waals surface area (Å²) in [4.78, 5) is 24.7. The second-order valence-corrected chi connectivity index (χ2v) is 9.62. The summed E-state index contributed by atoms with van der Waals surface area (Å²) in [6.07, 6.45) is 5.43. The van der Waals surface area contributed by atoms with E-state index in [0.29, 0.717) is 20.5 Å². The molecule has 0 spiro atoms. The van der Waals surface area contributed by atoms with Gasteiger partial charge in [-0.2, -0.15) is 0 Å². The molecule has 1 amide bonds. The van der Waals surface area contributed by atoms with Crippen LogP contribution in [0.5, 0.6) is 0 Å². The lowest BCUT2D eigenvalue weighted by Crippen LogP contribution is -2.16. The number of nitro groups is 1. The van der Waals surface area contributed by atoms with Crippen molar-refractivity contribution in [3.63, 3.8) is 0 Å². The number of aryl methyl sites for hydroxylation is 1. The summed E-state index contributed by atoms with van der Waals surface area (Å²) in [7, 11) is 1.60. The highest BCUT2D eigenvalue weighted by Gasteiger charge is 2.26. The number of halogens is 2. The summed E-state index contributed by atoms with van der Waals surface area (Å²) in [5.41, 5.74) is -0.456. The summed E-state index contributed by atoms with van der Waals surface area (Å²) in [5, 5.41) is 25.3. The van der Waals surface area contributed by atoms with E-state index in [1.54, 1.807) is 13.3 Å². The molecule has 178 valence electrons. The molecule has 1 aliphatic carbocycles. The molecule has 0 radical (unpaired) electrons. The van der Waals surface area contributed by atoms with E-state index < -0.39 is 28.2 Å². The van der Waals surface area contributed by atoms with Gasteiger partial charge in [-0.1, -0.05) is 12.8 Å². The summed E-state index contributed by atoms with van der Waals surface area (Å²) in [6.45, 7) is 0. The van der Waals surface area contributed by atoms with E-state index in [1.165, 1.54) is 22.9 Å². The number of benzene rings is 2. The van der Waals surface area contributed by atoms with Crippen LogP contribution in [0.4, 0.5) is 20.2 Å². The summed E-state index contributed by atoms with van der Waals surface area (Å²) in [6, 6.07) is 5.05. The van der Waals surface area contributed by atoms with Crippen molar-refractivity contribution in [2.45, 2.75) is 46.5 Å². The third-order valence-electron chi connectivity index (χ3n) is 5.63. The molecule has 0 bridgehead atoms. The molecule has 1 N–H and O–H groups in total. The van der Waals surface area contributed by atoms with Crippen molar-refractivity contribution in [2.24, 2.45) is 7.05 Å². The van der Waals surface area contributed by atoms with Crippen molar-refractivity contribution in [3.8, 4) is 0 Å². The standard InChI is InChI=1S/C21H20F2N6O3S2/c1-28-21(25-26-27-28)34-17-10-18(33-2)16(29(31)32)9-13(17)20(30)24-19-14(22)7-12(8-15(19)23)11-5-3-4-6-11/h7-11H,3-6H2,1-2H3,(H,24,30). The zero-order valence-electron chi connectivity index (χ0n) is 18.2. The molecule has 0 unspecified atom stereocenters. The third-order valence-corrected chi connectivity index (χ3v) is 7.49. The van der Waals surface area contributed by atoms with Crippen LogP contribution < -0.4 is 5.32 Å². The molecule has 1 saturated carbocycles. The maximum Gasteiger partial charge on any atom is 0.283 e. The van der Waals surface area contributed by atoms with E-state index in [2.05, 4.69) is 20.8 Å². The molecule has 3 aromatic rings. The second-order valence-electron chi connectivity index (χ2n) is 7.76. The first-order chi connectivity index (χ1) is 16.3. The Morgan fingerprint density at radius 3 is 2.41 bits per heavy atom. The molecule has 2 aromatic carbocycles. The van der Waals surface area contributed by atoms with Gasteiger partial charge in [0, 0.05) is 18.0 Å². The molecule has 0 saturated heterocycles. The summed E-state index contributed by atoms with van der Waals surface area (Å²) < 4.78 is 31.0. The van der Waals surface area contributed by atoms with Crippen LogP contribution in [-0.2, 0) is 7.05 Å². The Morgan fingerprint density at radius 2 is 1.85 bits per heavy atom. The molecular formula is C21H20F2N6O3S2. The Hall–Kier alpha value is -3.06. The number of rotatable bonds is 7. The minimum absolute atomic E-state index is 0.0958. The van der Waals surface area contributed by atoms with Crippen molar-refractivity contribution < 1.29 is 18.5 Å². The number of amides is 1. The normalized spacial score (nSPS) is 13.9. The fraction of sp³-hybridized carbons (Fsp3) is 0.333. The quantitative estimate of drug-likeness (QED) is 0.265. The fourth-order valence-corrected chi connectivity index (χ4v) is 5.45. The number of anilines is 1. The Bertz CT molecular complexity index is 1240. The van der Waals surface area contributed by atoms with Gasteiger partial charge in [0.2, 0.25) is 5.16 Å². The minimum atomic E-state index is -0.891. The molecule has 1 aromatic heterocycles. The molecule has 0 atom stereocenters. The zero-order chi connectivity index (χ0) is 24.4. The SMILES string of the molecule is CSc1cc(Sc2nnnn2C)c(C(=O)Nc2c(F)cc(C3CCCC3)cc2F)cc1[N+](=O)[O-]. The van der Waals surface area contributed by atoms with Gasteiger partial charge in [0.05, 0.1) is 15.4 Å². The average molecular weight is 507 g/mol. The van der Waals surface area contributed by atoms with Gasteiger partial charge in [0.15, 0.2) is 0 Å². The van der Waals surface area contributed by atoms with Gasteiger partial charge in [-0.15, -0.1) is 16.9 Å². The average Bonchev–Trinajstić information content (AvgIpc) is 3.48. The third kappa shape index (κ3) is 4.89. The van der Waals surface area contributed by atoms with E-state index in [4.69, 9.17) is 0 Å². The van der Waals surface area contributed by atoms with Crippen LogP contribution in [0.3, 0.4) is 0 Å². The molecular weight excluding hydrogens is 486 g/mol. The maximum absolute atomic E-state index is 14.8. The Kier molecular flexibility index (Phi) is 7.12. The predicted molar refractivity (Wildman–Crippen MR) is 123 cm³/mol. The van der Waals surface area contributed by atoms with Crippen LogP contribution in [0.1, 0.15) is 47.5 Å². The first kappa shape index (κ1) is 24.1. The summed E-state index contributed by atoms with van der Waals surface area (Å²) in [5.74, 6) is -2.58. The second kappa shape index (κ2) is 10.1. The van der Waals surface area contributed by atoms with Gasteiger partial charge in [0.1, 0.15) is 17.3 Å². The van der Waals surface area contributed by atoms with Gasteiger partial charge >= 0.3 is 0 Å². The van der Waals surface area contributed by atoms with Crippen LogP contribution in [0, 0.1) is 21.7 Å². The van der Waals surface area contributed by atoms with Gasteiger partial charge in [-0.25, -0.2) is 13.5 Å². The number of aromatic nitrogens is 4. The smallest absolute Gasteiger partial charge is 0.283 e. The highest BCUT2D eigenvalue weighted by molar-refractivity contribution is 7.99. The van der Waals surface area contributed by atoms with Crippen LogP contribution in [0.15, 0.2) is 39.2 Å². The lowest BCUT2D eigenvalue weighted by atomic mass is 9.97. The summed E-state index contributed by atoms with van der Waals surface area (Å²) >= 11 is 2.14. The van der Waals surface area contributed by atoms with Gasteiger partial charge in [0.25, 0.3) is 11.6 Å². The van der Waals surface area contributed by atoms with Crippen molar-refractivity contribution in [3.05, 3.63) is 57.1 Å². The van der Waals surface area contributed by atoms with Crippen LogP contribution in [0.25, 0.3) is 0 Å². The van der Waals surface area contributed by atoms with E-state index in [0.717, 1.165) is 55.3 Å². The number of hydrogen-bond donors (Lipinski definition) is 1. The van der Waals surface area contributed by atoms with Crippen molar-refractivity contribution >= 4 is 40.8 Å². The lowest BCUT2D eigenvalue weighted by Gasteiger charge is -2.15. The maximum atomic E-state index is 14.8. The van der Waals surface area contributed by atoms with Crippen LogP contribution in [-0.4, -0.2) is 37.3 Å². The van der Waals surface area contributed by atoms with Crippen LogP contribution in [0.2, 0.25) is 0 Å². The molecule has 13 heteroatoms. The molecule has 1 aliphatic rings.